The van der Waals surface area contributed by atoms with Crippen molar-refractivity contribution in [3.8, 4) is 0 Å². The van der Waals surface area contributed by atoms with Gasteiger partial charge in [0.2, 0.25) is 0 Å². The van der Waals surface area contributed by atoms with Gasteiger partial charge in [-0.2, -0.15) is 0 Å². The summed E-state index contributed by atoms with van der Waals surface area (Å²) in [5, 5.41) is 7.27. The molecule has 0 radical (unpaired) electrons. The number of piperidine rings is 1. The standard InChI is InChI=1S/C25H32N4/c1-17-10-11-21-22(27-17)12-13-23-25(21)28-24(15-19-7-4-3-5-8-19)29(23)18(2)20-9-6-14-26-16-20/h3-5,7-8,12-13,17-18,20,26-27H,6,9-11,14-16H2,1-2H3/t17-,18-,20+/m0/s1. The smallest absolute Gasteiger partial charge is 0.114 e. The second-order valence-electron chi connectivity index (χ2n) is 8.95. The van der Waals surface area contributed by atoms with Crippen molar-refractivity contribution in [2.75, 3.05) is 18.4 Å². The minimum absolute atomic E-state index is 0.444. The zero-order valence-corrected chi connectivity index (χ0v) is 17.6. The maximum absolute atomic E-state index is 5.26. The van der Waals surface area contributed by atoms with Crippen molar-refractivity contribution in [3.05, 3.63) is 59.4 Å². The molecule has 4 nitrogen and oxygen atoms in total. The Labute approximate surface area is 173 Å². The van der Waals surface area contributed by atoms with Crippen molar-refractivity contribution in [1.29, 1.82) is 0 Å². The highest BCUT2D eigenvalue weighted by molar-refractivity contribution is 5.86. The van der Waals surface area contributed by atoms with Crippen LogP contribution in [0.25, 0.3) is 11.0 Å². The van der Waals surface area contributed by atoms with Gasteiger partial charge in [0.25, 0.3) is 0 Å². The number of aromatic nitrogens is 2. The van der Waals surface area contributed by atoms with Crippen LogP contribution in [0.1, 0.15) is 56.1 Å². The van der Waals surface area contributed by atoms with Crippen molar-refractivity contribution >= 4 is 16.7 Å². The molecule has 0 unspecified atom stereocenters. The lowest BCUT2D eigenvalue weighted by atomic mass is 9.92. The van der Waals surface area contributed by atoms with E-state index in [4.69, 9.17) is 4.98 Å². The maximum Gasteiger partial charge on any atom is 0.114 e. The molecule has 0 saturated carbocycles. The van der Waals surface area contributed by atoms with Crippen LogP contribution in [0.15, 0.2) is 42.5 Å². The van der Waals surface area contributed by atoms with Gasteiger partial charge in [0, 0.05) is 29.8 Å². The molecule has 2 aliphatic heterocycles. The molecule has 2 aliphatic rings. The topological polar surface area (TPSA) is 41.9 Å². The summed E-state index contributed by atoms with van der Waals surface area (Å²) in [4.78, 5) is 5.26. The molecule has 0 spiro atoms. The molecule has 152 valence electrons. The molecule has 3 aromatic rings. The van der Waals surface area contributed by atoms with Crippen LogP contribution >= 0.6 is 0 Å². The van der Waals surface area contributed by atoms with E-state index in [0.717, 1.165) is 25.9 Å². The number of aryl methyl sites for hydroxylation is 1. The van der Waals surface area contributed by atoms with E-state index in [1.807, 2.05) is 0 Å². The van der Waals surface area contributed by atoms with E-state index in [-0.39, 0.29) is 0 Å². The first-order valence-electron chi connectivity index (χ1n) is 11.2. The van der Waals surface area contributed by atoms with Gasteiger partial charge in [0.05, 0.1) is 11.0 Å². The minimum atomic E-state index is 0.444. The Morgan fingerprint density at radius 1 is 1.14 bits per heavy atom. The van der Waals surface area contributed by atoms with Crippen molar-refractivity contribution in [2.45, 2.75) is 58.0 Å². The van der Waals surface area contributed by atoms with Gasteiger partial charge in [-0.15, -0.1) is 0 Å². The van der Waals surface area contributed by atoms with E-state index in [1.54, 1.807) is 0 Å². The van der Waals surface area contributed by atoms with Crippen LogP contribution in [-0.4, -0.2) is 28.7 Å². The fourth-order valence-electron chi connectivity index (χ4n) is 5.21. The lowest BCUT2D eigenvalue weighted by Crippen LogP contribution is -2.34. The molecule has 1 fully saturated rings. The second kappa shape index (κ2) is 7.83. The zero-order chi connectivity index (χ0) is 19.8. The Morgan fingerprint density at radius 2 is 2.00 bits per heavy atom. The van der Waals surface area contributed by atoms with Gasteiger partial charge in [-0.3, -0.25) is 0 Å². The van der Waals surface area contributed by atoms with Crippen molar-refractivity contribution in [2.24, 2.45) is 5.92 Å². The lowest BCUT2D eigenvalue weighted by Gasteiger charge is -2.31. The number of benzene rings is 2. The maximum atomic E-state index is 5.26. The predicted octanol–water partition coefficient (Wildman–Crippen LogP) is 4.93. The summed E-state index contributed by atoms with van der Waals surface area (Å²) < 4.78 is 2.55. The van der Waals surface area contributed by atoms with Crippen molar-refractivity contribution in [3.63, 3.8) is 0 Å². The van der Waals surface area contributed by atoms with Crippen LogP contribution in [-0.2, 0) is 12.8 Å². The number of imidazole rings is 1. The van der Waals surface area contributed by atoms with Crippen LogP contribution in [0.3, 0.4) is 0 Å². The van der Waals surface area contributed by atoms with Crippen LogP contribution in [0.4, 0.5) is 5.69 Å². The molecule has 1 saturated heterocycles. The molecule has 4 heteroatoms. The van der Waals surface area contributed by atoms with Crippen LogP contribution in [0, 0.1) is 5.92 Å². The molecule has 0 bridgehead atoms. The monoisotopic (exact) mass is 388 g/mol. The zero-order valence-electron chi connectivity index (χ0n) is 17.6. The Hall–Kier alpha value is -2.33. The van der Waals surface area contributed by atoms with Gasteiger partial charge in [-0.05, 0) is 76.2 Å². The number of anilines is 1. The molecule has 0 amide bonds. The van der Waals surface area contributed by atoms with E-state index in [2.05, 4.69) is 71.5 Å². The first-order chi connectivity index (χ1) is 14.2. The molecule has 1 aromatic heterocycles. The lowest BCUT2D eigenvalue weighted by molar-refractivity contribution is 0.280. The van der Waals surface area contributed by atoms with Gasteiger partial charge < -0.3 is 15.2 Å². The first-order valence-corrected chi connectivity index (χ1v) is 11.2. The van der Waals surface area contributed by atoms with Crippen LogP contribution < -0.4 is 10.6 Å². The quantitative estimate of drug-likeness (QED) is 0.666. The molecule has 3 heterocycles. The number of hydrogen-bond acceptors (Lipinski definition) is 3. The summed E-state index contributed by atoms with van der Waals surface area (Å²) in [6.07, 6.45) is 5.74. The average Bonchev–Trinajstić information content (AvgIpc) is 3.12. The largest absolute Gasteiger partial charge is 0.382 e. The SMILES string of the molecule is C[C@H]1CCc2c(ccc3c2nc(Cc2ccccc2)n3[C@@H](C)[C@@H]2CCCNC2)N1. The Kier molecular flexibility index (Phi) is 5.04. The third-order valence-corrected chi connectivity index (χ3v) is 6.90. The van der Waals surface area contributed by atoms with E-state index < -0.39 is 0 Å². The minimum Gasteiger partial charge on any atom is -0.382 e. The van der Waals surface area contributed by atoms with E-state index in [1.165, 1.54) is 52.9 Å². The van der Waals surface area contributed by atoms with Crippen molar-refractivity contribution in [1.82, 2.24) is 14.9 Å². The Bertz CT molecular complexity index is 985. The summed E-state index contributed by atoms with van der Waals surface area (Å²) in [5.41, 5.74) is 6.54. The number of nitrogens with zero attached hydrogens (tertiary/aromatic N) is 2. The third-order valence-electron chi connectivity index (χ3n) is 6.90. The van der Waals surface area contributed by atoms with E-state index in [0.29, 0.717) is 18.0 Å². The predicted molar refractivity (Wildman–Crippen MR) is 121 cm³/mol. The van der Waals surface area contributed by atoms with Crippen LogP contribution in [0.5, 0.6) is 0 Å². The molecule has 29 heavy (non-hydrogen) atoms. The number of nitrogens with one attached hydrogen (secondary N) is 2. The van der Waals surface area contributed by atoms with Crippen LogP contribution in [0.2, 0.25) is 0 Å². The molecule has 5 rings (SSSR count). The van der Waals surface area contributed by atoms with Gasteiger partial charge in [-0.25, -0.2) is 4.98 Å². The highest BCUT2D eigenvalue weighted by Crippen LogP contribution is 2.36. The molecular formula is C25H32N4. The average molecular weight is 389 g/mol. The van der Waals surface area contributed by atoms with Crippen molar-refractivity contribution < 1.29 is 0 Å². The number of fused-ring (bicyclic) bond motifs is 3. The van der Waals surface area contributed by atoms with Gasteiger partial charge in [-0.1, -0.05) is 30.3 Å². The summed E-state index contributed by atoms with van der Waals surface area (Å²) in [5.74, 6) is 1.86. The summed E-state index contributed by atoms with van der Waals surface area (Å²) in [6.45, 7) is 6.93. The normalized spacial score (nSPS) is 22.8. The highest BCUT2D eigenvalue weighted by atomic mass is 15.1. The highest BCUT2D eigenvalue weighted by Gasteiger charge is 2.27. The molecule has 3 atom stereocenters. The van der Waals surface area contributed by atoms with Gasteiger partial charge >= 0.3 is 0 Å². The molecule has 2 aromatic carbocycles. The fraction of sp³-hybridized carbons (Fsp3) is 0.480. The van der Waals surface area contributed by atoms with E-state index in [9.17, 15) is 0 Å². The Balaban J connectivity index is 1.62. The second-order valence-corrected chi connectivity index (χ2v) is 8.95. The van der Waals surface area contributed by atoms with Gasteiger partial charge in [0.15, 0.2) is 0 Å². The summed E-state index contributed by atoms with van der Waals surface area (Å²) in [6, 6.07) is 16.3. The number of hydrogen-bond donors (Lipinski definition) is 2. The third kappa shape index (κ3) is 3.55. The first kappa shape index (κ1) is 18.7. The molecular weight excluding hydrogens is 356 g/mol. The number of rotatable bonds is 4. The van der Waals surface area contributed by atoms with Gasteiger partial charge in [0.1, 0.15) is 5.82 Å². The fourth-order valence-corrected chi connectivity index (χ4v) is 5.21. The van der Waals surface area contributed by atoms with E-state index >= 15 is 0 Å². The Morgan fingerprint density at radius 3 is 2.79 bits per heavy atom. The molecule has 0 aliphatic carbocycles. The molecule has 2 N–H and O–H groups in total. The summed E-state index contributed by atoms with van der Waals surface area (Å²) >= 11 is 0. The summed E-state index contributed by atoms with van der Waals surface area (Å²) in [7, 11) is 0.